The van der Waals surface area contributed by atoms with Gasteiger partial charge < -0.3 is 0 Å². The first kappa shape index (κ1) is 3.55. The van der Waals surface area contributed by atoms with Crippen LogP contribution < -0.4 is 0 Å². The zero-order chi connectivity index (χ0) is 4.41. The third-order valence-corrected chi connectivity index (χ3v) is 0.479. The molecule has 0 radical (unpaired) electrons. The normalized spacial score (nSPS) is 8.83. The minimum absolute atomic E-state index is 1.00. The van der Waals surface area contributed by atoms with Crippen LogP contribution in [0.3, 0.4) is 0 Å². The maximum atomic E-state index is 5.14. The topological polar surface area (TPSA) is 43.6 Å². The van der Waals surface area contributed by atoms with Crippen LogP contribution in [-0.2, 0) is 0 Å². The predicted octanol–water partition coefficient (Wildman–Crippen LogP) is -0.325. The van der Waals surface area contributed by atoms with Crippen molar-refractivity contribution < 1.29 is 0 Å². The van der Waals surface area contributed by atoms with E-state index in [2.05, 4.69) is 15.5 Å². The molecule has 0 saturated carbocycles. The van der Waals surface area contributed by atoms with Gasteiger partial charge in [0.25, 0.3) is 0 Å². The molecule has 0 amide bonds. The maximum absolute atomic E-state index is 5.14. The van der Waals surface area contributed by atoms with Crippen LogP contribution in [0.25, 0.3) is 0 Å². The molecule has 4 nitrogen and oxygen atoms in total. The van der Waals surface area contributed by atoms with Crippen molar-refractivity contribution in [3.63, 3.8) is 0 Å². The Morgan fingerprint density at radius 2 is 2.50 bits per heavy atom. The molecule has 0 fully saturated rings. The molecule has 0 saturated heterocycles. The van der Waals surface area contributed by atoms with Gasteiger partial charge in [0.1, 0.15) is 0 Å². The molecule has 1 aromatic heterocycles. The van der Waals surface area contributed by atoms with Gasteiger partial charge in [0.05, 0.1) is 0 Å². The molecule has 0 aliphatic heterocycles. The maximum Gasteiger partial charge on any atom is 0.156 e. The van der Waals surface area contributed by atoms with Crippen LogP contribution in [0.2, 0.25) is 0 Å². The summed E-state index contributed by atoms with van der Waals surface area (Å²) in [5.41, 5.74) is 0. The van der Waals surface area contributed by atoms with Gasteiger partial charge in [-0.25, -0.2) is 0 Å². The first-order valence-electron chi connectivity index (χ1n) is 1.29. The summed E-state index contributed by atoms with van der Waals surface area (Å²) in [7, 11) is 0. The second-order valence-electron chi connectivity index (χ2n) is 0.698. The number of hydrogen-bond acceptors (Lipinski definition) is 3. The Balaban J connectivity index is 3.05. The van der Waals surface area contributed by atoms with E-state index in [1.54, 1.807) is 0 Å². The van der Waals surface area contributed by atoms with Gasteiger partial charge in [-0.2, -0.15) is 0 Å². The number of rotatable bonds is 0. The fraction of sp³-hybridized carbons (Fsp3) is 0. The second-order valence-corrected chi connectivity index (χ2v) is 1.04. The standard InChI is InChI=1S/CHClN4/c2-6-1-3-4-5-6/h1H. The summed E-state index contributed by atoms with van der Waals surface area (Å²) < 4.78 is 1.00. The zero-order valence-electron chi connectivity index (χ0n) is 2.74. The van der Waals surface area contributed by atoms with E-state index in [-0.39, 0.29) is 0 Å². The Morgan fingerprint density at radius 3 is 2.67 bits per heavy atom. The molecule has 0 N–H and O–H groups in total. The van der Waals surface area contributed by atoms with Gasteiger partial charge in [-0.15, -0.1) is 9.30 Å². The van der Waals surface area contributed by atoms with E-state index >= 15 is 0 Å². The van der Waals surface area contributed by atoms with Gasteiger partial charge in [-0.05, 0) is 10.4 Å². The average Bonchev–Trinajstić information content (AvgIpc) is 1.86. The number of tetrazole rings is 1. The minimum atomic E-state index is 1.00. The summed E-state index contributed by atoms with van der Waals surface area (Å²) in [5, 5.41) is 9.68. The van der Waals surface area contributed by atoms with Crippen molar-refractivity contribution in [2.75, 3.05) is 0 Å². The Kier molecular flexibility index (Phi) is 0.719. The van der Waals surface area contributed by atoms with Gasteiger partial charge in [0, 0.05) is 11.8 Å². The minimum Gasteiger partial charge on any atom is -0.139 e. The van der Waals surface area contributed by atoms with E-state index in [4.69, 9.17) is 11.8 Å². The van der Waals surface area contributed by atoms with Crippen molar-refractivity contribution >= 4 is 11.8 Å². The zero-order valence-corrected chi connectivity index (χ0v) is 3.50. The first-order chi connectivity index (χ1) is 2.89. The van der Waals surface area contributed by atoms with E-state index in [1.807, 2.05) is 0 Å². The Morgan fingerprint density at radius 1 is 1.67 bits per heavy atom. The number of aromatic nitrogens is 4. The Bertz CT molecular complexity index is 111. The molecule has 0 atom stereocenters. The van der Waals surface area contributed by atoms with Crippen molar-refractivity contribution in [2.45, 2.75) is 0 Å². The van der Waals surface area contributed by atoms with Crippen LogP contribution in [0.1, 0.15) is 0 Å². The quantitative estimate of drug-likeness (QED) is 0.453. The van der Waals surface area contributed by atoms with E-state index in [0.29, 0.717) is 0 Å². The lowest BCUT2D eigenvalue weighted by Crippen LogP contribution is -1.76. The van der Waals surface area contributed by atoms with Gasteiger partial charge in [-0.1, -0.05) is 0 Å². The molecule has 0 spiro atoms. The van der Waals surface area contributed by atoms with Crippen molar-refractivity contribution in [1.82, 2.24) is 19.7 Å². The summed E-state index contributed by atoms with van der Waals surface area (Å²) in [6.45, 7) is 0. The highest BCUT2D eigenvalue weighted by molar-refractivity contribution is 6.14. The monoisotopic (exact) mass is 104 g/mol. The van der Waals surface area contributed by atoms with E-state index in [0.717, 1.165) is 4.20 Å². The molecule has 1 aromatic rings. The van der Waals surface area contributed by atoms with Crippen LogP contribution in [0.4, 0.5) is 0 Å². The Hall–Kier alpha value is -0.640. The molecule has 32 valence electrons. The summed E-state index contributed by atoms with van der Waals surface area (Å²) >= 11 is 5.14. The molecule has 6 heavy (non-hydrogen) atoms. The van der Waals surface area contributed by atoms with Crippen LogP contribution in [0, 0.1) is 0 Å². The molecule has 5 heteroatoms. The SMILES string of the molecule is Cln1cnnn1. The molecule has 0 bridgehead atoms. The van der Waals surface area contributed by atoms with E-state index in [1.165, 1.54) is 6.33 Å². The van der Waals surface area contributed by atoms with Crippen LogP contribution in [0.15, 0.2) is 6.33 Å². The number of halogens is 1. The smallest absolute Gasteiger partial charge is 0.139 e. The highest BCUT2D eigenvalue weighted by atomic mass is 35.5. The summed E-state index contributed by atoms with van der Waals surface area (Å²) in [6, 6.07) is 0. The highest BCUT2D eigenvalue weighted by Gasteiger charge is 1.75. The largest absolute Gasteiger partial charge is 0.156 e. The molecule has 1 rings (SSSR count). The number of hydrogen-bond donors (Lipinski definition) is 0. The average molecular weight is 105 g/mol. The van der Waals surface area contributed by atoms with Crippen molar-refractivity contribution in [1.29, 1.82) is 0 Å². The van der Waals surface area contributed by atoms with Gasteiger partial charge in [0.2, 0.25) is 0 Å². The third-order valence-electron chi connectivity index (χ3n) is 0.324. The predicted molar refractivity (Wildman–Crippen MR) is 19.1 cm³/mol. The highest BCUT2D eigenvalue weighted by Crippen LogP contribution is 1.73. The van der Waals surface area contributed by atoms with E-state index in [9.17, 15) is 0 Å². The number of nitrogens with zero attached hydrogens (tertiary/aromatic N) is 4. The summed E-state index contributed by atoms with van der Waals surface area (Å²) in [4.78, 5) is 0. The molecule has 0 unspecified atom stereocenters. The summed E-state index contributed by atoms with van der Waals surface area (Å²) in [5.74, 6) is 0. The lowest BCUT2D eigenvalue weighted by atomic mass is 11.4. The molecule has 0 aliphatic carbocycles. The Labute approximate surface area is 38.8 Å². The fourth-order valence-electron chi connectivity index (χ4n) is 0.150. The molecular formula is CHClN4. The lowest BCUT2D eigenvalue weighted by molar-refractivity contribution is 0.846. The van der Waals surface area contributed by atoms with Crippen molar-refractivity contribution in [2.24, 2.45) is 0 Å². The fourth-order valence-corrected chi connectivity index (χ4v) is 0.219. The van der Waals surface area contributed by atoms with E-state index < -0.39 is 0 Å². The lowest BCUT2D eigenvalue weighted by Gasteiger charge is -1.66. The van der Waals surface area contributed by atoms with Crippen LogP contribution in [0.5, 0.6) is 0 Å². The van der Waals surface area contributed by atoms with Crippen molar-refractivity contribution in [3.8, 4) is 0 Å². The molecule has 0 aliphatic rings. The third kappa shape index (κ3) is 0.463. The van der Waals surface area contributed by atoms with Gasteiger partial charge in [0.15, 0.2) is 6.33 Å². The summed E-state index contributed by atoms with van der Waals surface area (Å²) in [6.07, 6.45) is 1.29. The van der Waals surface area contributed by atoms with Gasteiger partial charge >= 0.3 is 0 Å². The van der Waals surface area contributed by atoms with Crippen LogP contribution >= 0.6 is 11.8 Å². The molecular weight excluding hydrogens is 103 g/mol. The van der Waals surface area contributed by atoms with Gasteiger partial charge in [-0.3, -0.25) is 0 Å². The van der Waals surface area contributed by atoms with Crippen LogP contribution in [-0.4, -0.2) is 19.7 Å². The second kappa shape index (κ2) is 1.22. The molecule has 1 heterocycles. The molecule has 0 aromatic carbocycles. The first-order valence-corrected chi connectivity index (χ1v) is 1.62. The van der Waals surface area contributed by atoms with Crippen molar-refractivity contribution in [3.05, 3.63) is 6.33 Å².